The van der Waals surface area contributed by atoms with Crippen molar-refractivity contribution in [2.24, 2.45) is 0 Å². The predicted octanol–water partition coefficient (Wildman–Crippen LogP) is 3.57. The molecule has 5 nitrogen and oxygen atoms in total. The van der Waals surface area contributed by atoms with Crippen molar-refractivity contribution >= 4 is 21.6 Å². The molecule has 1 aliphatic rings. The van der Waals surface area contributed by atoms with Crippen LogP contribution in [0.4, 0.5) is 10.1 Å². The number of nitrogens with zero attached hydrogens (tertiary/aromatic N) is 1. The molecule has 1 N–H and O–H groups in total. The number of halogens is 1. The second kappa shape index (κ2) is 8.63. The third-order valence-corrected chi connectivity index (χ3v) is 6.56. The molecule has 0 aromatic heterocycles. The number of hydrogen-bond acceptors (Lipinski definition) is 3. The van der Waals surface area contributed by atoms with E-state index >= 15 is 0 Å². The van der Waals surface area contributed by atoms with Gasteiger partial charge in [0.25, 0.3) is 0 Å². The van der Waals surface area contributed by atoms with Gasteiger partial charge in [-0.3, -0.25) is 4.79 Å². The Morgan fingerprint density at radius 2 is 1.59 bits per heavy atom. The molecule has 1 amide bonds. The number of benzene rings is 2. The van der Waals surface area contributed by atoms with E-state index in [9.17, 15) is 17.6 Å². The molecule has 27 heavy (non-hydrogen) atoms. The SMILES string of the molecule is O=C(Cc1ccccc1F)Nc1ccc(S(=O)(=O)N2CCCCCC2)cc1. The van der Waals surface area contributed by atoms with Gasteiger partial charge in [-0.15, -0.1) is 0 Å². The fraction of sp³-hybridized carbons (Fsp3) is 0.350. The smallest absolute Gasteiger partial charge is 0.243 e. The first-order valence-corrected chi connectivity index (χ1v) is 10.5. The van der Waals surface area contributed by atoms with Crippen LogP contribution >= 0.6 is 0 Å². The monoisotopic (exact) mass is 390 g/mol. The van der Waals surface area contributed by atoms with E-state index < -0.39 is 15.8 Å². The van der Waals surface area contributed by atoms with E-state index in [1.807, 2.05) is 0 Å². The molecule has 2 aromatic rings. The lowest BCUT2D eigenvalue weighted by atomic mass is 10.1. The highest BCUT2D eigenvalue weighted by atomic mass is 32.2. The number of amides is 1. The van der Waals surface area contributed by atoms with Crippen LogP contribution in [0, 0.1) is 5.82 Å². The summed E-state index contributed by atoms with van der Waals surface area (Å²) >= 11 is 0. The summed E-state index contributed by atoms with van der Waals surface area (Å²) in [7, 11) is -3.51. The molecule has 1 heterocycles. The topological polar surface area (TPSA) is 66.5 Å². The van der Waals surface area contributed by atoms with Gasteiger partial charge in [0, 0.05) is 18.8 Å². The van der Waals surface area contributed by atoms with Crippen molar-refractivity contribution < 1.29 is 17.6 Å². The lowest BCUT2D eigenvalue weighted by Gasteiger charge is -2.20. The Morgan fingerprint density at radius 3 is 2.22 bits per heavy atom. The lowest BCUT2D eigenvalue weighted by Crippen LogP contribution is -2.31. The van der Waals surface area contributed by atoms with Crippen LogP contribution in [-0.2, 0) is 21.2 Å². The van der Waals surface area contributed by atoms with Gasteiger partial charge >= 0.3 is 0 Å². The van der Waals surface area contributed by atoms with Gasteiger partial charge in [0.1, 0.15) is 5.82 Å². The summed E-state index contributed by atoms with van der Waals surface area (Å²) in [6.07, 6.45) is 3.78. The molecule has 0 unspecified atom stereocenters. The Morgan fingerprint density at radius 1 is 0.963 bits per heavy atom. The zero-order valence-corrected chi connectivity index (χ0v) is 15.8. The van der Waals surface area contributed by atoms with Crippen LogP contribution in [0.5, 0.6) is 0 Å². The van der Waals surface area contributed by atoms with Crippen LogP contribution < -0.4 is 5.32 Å². The highest BCUT2D eigenvalue weighted by Crippen LogP contribution is 2.22. The van der Waals surface area contributed by atoms with E-state index in [2.05, 4.69) is 5.32 Å². The van der Waals surface area contributed by atoms with E-state index in [0.717, 1.165) is 25.7 Å². The molecule has 0 spiro atoms. The molecule has 0 aliphatic carbocycles. The first kappa shape index (κ1) is 19.5. The average molecular weight is 390 g/mol. The Balaban J connectivity index is 1.66. The van der Waals surface area contributed by atoms with Gasteiger partial charge in [-0.2, -0.15) is 4.31 Å². The predicted molar refractivity (Wildman–Crippen MR) is 102 cm³/mol. The normalized spacial score (nSPS) is 15.9. The second-order valence-electron chi connectivity index (χ2n) is 6.66. The van der Waals surface area contributed by atoms with Crippen molar-refractivity contribution in [3.05, 3.63) is 59.9 Å². The van der Waals surface area contributed by atoms with Gasteiger partial charge in [-0.05, 0) is 48.7 Å². The summed E-state index contributed by atoms with van der Waals surface area (Å²) in [6, 6.07) is 12.2. The van der Waals surface area contributed by atoms with Crippen molar-refractivity contribution in [1.29, 1.82) is 0 Å². The van der Waals surface area contributed by atoms with Crippen LogP contribution in [0.3, 0.4) is 0 Å². The lowest BCUT2D eigenvalue weighted by molar-refractivity contribution is -0.115. The third-order valence-electron chi connectivity index (χ3n) is 4.65. The molecule has 3 rings (SSSR count). The summed E-state index contributed by atoms with van der Waals surface area (Å²) in [5, 5.41) is 2.67. The van der Waals surface area contributed by atoms with E-state index in [4.69, 9.17) is 0 Å². The maximum Gasteiger partial charge on any atom is 0.243 e. The number of nitrogens with one attached hydrogen (secondary N) is 1. The van der Waals surface area contributed by atoms with Gasteiger partial charge in [0.2, 0.25) is 15.9 Å². The Labute approximate surface area is 159 Å². The van der Waals surface area contributed by atoms with Crippen molar-refractivity contribution in [1.82, 2.24) is 4.31 Å². The number of rotatable bonds is 5. The van der Waals surface area contributed by atoms with Crippen molar-refractivity contribution in [2.75, 3.05) is 18.4 Å². The Bertz CT molecular complexity index is 890. The fourth-order valence-electron chi connectivity index (χ4n) is 3.16. The van der Waals surface area contributed by atoms with Crippen molar-refractivity contribution in [3.8, 4) is 0 Å². The highest BCUT2D eigenvalue weighted by Gasteiger charge is 2.25. The molecular formula is C20H23FN2O3S. The van der Waals surface area contributed by atoms with Crippen LogP contribution in [0.1, 0.15) is 31.2 Å². The van der Waals surface area contributed by atoms with Crippen molar-refractivity contribution in [3.63, 3.8) is 0 Å². The van der Waals surface area contributed by atoms with Gasteiger partial charge in [-0.1, -0.05) is 31.0 Å². The minimum Gasteiger partial charge on any atom is -0.326 e. The number of anilines is 1. The molecule has 0 atom stereocenters. The van der Waals surface area contributed by atoms with Crippen LogP contribution in [0.2, 0.25) is 0 Å². The minimum absolute atomic E-state index is 0.0828. The van der Waals surface area contributed by atoms with Gasteiger partial charge in [0.05, 0.1) is 11.3 Å². The quantitative estimate of drug-likeness (QED) is 0.849. The van der Waals surface area contributed by atoms with Gasteiger partial charge in [0.15, 0.2) is 0 Å². The molecule has 7 heteroatoms. The maximum atomic E-state index is 13.6. The number of sulfonamides is 1. The molecule has 2 aromatic carbocycles. The Kier molecular flexibility index (Phi) is 6.23. The van der Waals surface area contributed by atoms with Crippen LogP contribution in [-0.4, -0.2) is 31.7 Å². The first-order chi connectivity index (χ1) is 13.0. The summed E-state index contributed by atoms with van der Waals surface area (Å²) in [6.45, 7) is 1.09. The molecule has 0 bridgehead atoms. The van der Waals surface area contributed by atoms with E-state index in [1.165, 1.54) is 22.5 Å². The Hall–Kier alpha value is -2.25. The summed E-state index contributed by atoms with van der Waals surface area (Å²) in [4.78, 5) is 12.3. The maximum absolute atomic E-state index is 13.6. The van der Waals surface area contributed by atoms with Gasteiger partial charge in [-0.25, -0.2) is 12.8 Å². The summed E-state index contributed by atoms with van der Waals surface area (Å²) < 4.78 is 40.7. The number of carbonyl (C=O) groups excluding carboxylic acids is 1. The molecule has 1 aliphatic heterocycles. The molecule has 0 radical (unpaired) electrons. The molecule has 1 saturated heterocycles. The van der Waals surface area contributed by atoms with E-state index in [-0.39, 0.29) is 17.2 Å². The standard InChI is InChI=1S/C20H23FN2O3S/c21-19-8-4-3-7-16(19)15-20(24)22-17-9-11-18(12-10-17)27(25,26)23-13-5-1-2-6-14-23/h3-4,7-12H,1-2,5-6,13-15H2,(H,22,24). The first-order valence-electron chi connectivity index (χ1n) is 9.10. The van der Waals surface area contributed by atoms with E-state index in [0.29, 0.717) is 24.3 Å². The minimum atomic E-state index is -3.51. The van der Waals surface area contributed by atoms with Gasteiger partial charge < -0.3 is 5.32 Å². The third kappa shape index (κ3) is 4.93. The van der Waals surface area contributed by atoms with Crippen LogP contribution in [0.15, 0.2) is 53.4 Å². The molecule has 0 saturated carbocycles. The zero-order valence-electron chi connectivity index (χ0n) is 15.0. The zero-order chi connectivity index (χ0) is 19.3. The van der Waals surface area contributed by atoms with Crippen LogP contribution in [0.25, 0.3) is 0 Å². The fourth-order valence-corrected chi connectivity index (χ4v) is 4.68. The largest absolute Gasteiger partial charge is 0.326 e. The summed E-state index contributed by atoms with van der Waals surface area (Å²) in [5.74, 6) is -0.783. The highest BCUT2D eigenvalue weighted by molar-refractivity contribution is 7.89. The molecular weight excluding hydrogens is 367 g/mol. The number of carbonyl (C=O) groups is 1. The molecule has 1 fully saturated rings. The van der Waals surface area contributed by atoms with Crippen molar-refractivity contribution in [2.45, 2.75) is 37.0 Å². The average Bonchev–Trinajstić information content (AvgIpc) is 2.94. The van der Waals surface area contributed by atoms with E-state index in [1.54, 1.807) is 30.3 Å². The molecule has 144 valence electrons. The summed E-state index contributed by atoms with van der Waals surface area (Å²) in [5.41, 5.74) is 0.793. The number of hydrogen-bond donors (Lipinski definition) is 1. The second-order valence-corrected chi connectivity index (χ2v) is 8.60.